The Bertz CT molecular complexity index is 882. The first-order valence-corrected chi connectivity index (χ1v) is 8.58. The maximum absolute atomic E-state index is 11.9. The van der Waals surface area contributed by atoms with Crippen LogP contribution in [0.4, 0.5) is 10.5 Å². The Morgan fingerprint density at radius 3 is 2.75 bits per heavy atom. The van der Waals surface area contributed by atoms with Gasteiger partial charge in [-0.25, -0.2) is 9.78 Å². The van der Waals surface area contributed by atoms with Crippen LogP contribution in [0.3, 0.4) is 0 Å². The van der Waals surface area contributed by atoms with Crippen LogP contribution in [0.15, 0.2) is 30.3 Å². The smallest absolute Gasteiger partial charge is 0.319 e. The summed E-state index contributed by atoms with van der Waals surface area (Å²) in [6.45, 7) is 7.84. The van der Waals surface area contributed by atoms with Gasteiger partial charge in [0.05, 0.1) is 11.0 Å². The maximum atomic E-state index is 11.9. The lowest BCUT2D eigenvalue weighted by Gasteiger charge is -2.09. The second-order valence-corrected chi connectivity index (χ2v) is 6.01. The topological polar surface area (TPSA) is 59.0 Å². The lowest BCUT2D eigenvalue weighted by atomic mass is 10.1. The Morgan fingerprint density at radius 2 is 2.00 bits per heavy atom. The molecule has 0 unspecified atom stereocenters. The van der Waals surface area contributed by atoms with Gasteiger partial charge in [0, 0.05) is 24.2 Å². The van der Waals surface area contributed by atoms with Crippen molar-refractivity contribution in [3.05, 3.63) is 36.2 Å². The highest BCUT2D eigenvalue weighted by Gasteiger charge is 2.10. The Hall–Kier alpha value is -2.56. The number of carbonyl (C=O) groups is 1. The van der Waals surface area contributed by atoms with Gasteiger partial charge >= 0.3 is 6.03 Å². The van der Waals surface area contributed by atoms with Gasteiger partial charge in [0.2, 0.25) is 0 Å². The number of rotatable bonds is 5. The highest BCUT2D eigenvalue weighted by Crippen LogP contribution is 2.28. The zero-order valence-corrected chi connectivity index (χ0v) is 14.5. The zero-order valence-electron chi connectivity index (χ0n) is 14.5. The van der Waals surface area contributed by atoms with Crippen molar-refractivity contribution in [2.45, 2.75) is 40.2 Å². The fourth-order valence-corrected chi connectivity index (χ4v) is 3.06. The molecule has 0 aliphatic carbocycles. The van der Waals surface area contributed by atoms with Crippen LogP contribution in [0.2, 0.25) is 0 Å². The first-order valence-electron chi connectivity index (χ1n) is 8.58. The lowest BCUT2D eigenvalue weighted by molar-refractivity contribution is 0.252. The molecule has 1 aromatic heterocycles. The molecule has 0 bridgehead atoms. The summed E-state index contributed by atoms with van der Waals surface area (Å²) in [7, 11) is 0. The Balaban J connectivity index is 1.94. The summed E-state index contributed by atoms with van der Waals surface area (Å²) in [5, 5.41) is 7.97. The molecule has 5 nitrogen and oxygen atoms in total. The van der Waals surface area contributed by atoms with Gasteiger partial charge in [-0.15, -0.1) is 0 Å². The number of hydrogen-bond acceptors (Lipinski definition) is 2. The zero-order chi connectivity index (χ0) is 17.1. The summed E-state index contributed by atoms with van der Waals surface area (Å²) in [6.07, 6.45) is 2.05. The predicted molar refractivity (Wildman–Crippen MR) is 99.6 cm³/mol. The largest absolute Gasteiger partial charge is 0.338 e. The number of imidazole rings is 1. The normalized spacial score (nSPS) is 11.1. The maximum Gasteiger partial charge on any atom is 0.319 e. The molecule has 0 saturated heterocycles. The molecule has 126 valence electrons. The predicted octanol–water partition coefficient (Wildman–Crippen LogP) is 4.44. The first kappa shape index (κ1) is 16.3. The second-order valence-electron chi connectivity index (χ2n) is 6.01. The monoisotopic (exact) mass is 324 g/mol. The van der Waals surface area contributed by atoms with E-state index in [1.54, 1.807) is 0 Å². The minimum atomic E-state index is -0.162. The number of carbonyl (C=O) groups excluding carboxylic acids is 1. The van der Waals surface area contributed by atoms with Crippen molar-refractivity contribution < 1.29 is 4.79 Å². The summed E-state index contributed by atoms with van der Waals surface area (Å²) in [5.41, 5.74) is 2.90. The van der Waals surface area contributed by atoms with Crippen LogP contribution in [0, 0.1) is 6.92 Å². The van der Waals surface area contributed by atoms with E-state index in [4.69, 9.17) is 4.98 Å². The van der Waals surface area contributed by atoms with Crippen LogP contribution >= 0.6 is 0 Å². The molecule has 3 aromatic rings. The van der Waals surface area contributed by atoms with Crippen molar-refractivity contribution in [2.75, 3.05) is 11.9 Å². The summed E-state index contributed by atoms with van der Waals surface area (Å²) in [4.78, 5) is 16.7. The number of aromatic nitrogens is 2. The molecule has 2 aromatic carbocycles. The standard InChI is InChI=1S/C19H24N4O/c1-4-6-11-20-19(24)22-15-9-7-14-8-10-17-18(16(14)12-15)21-13(3)23(17)5-2/h7-10,12H,4-6,11H2,1-3H3,(H2,20,22,24). The number of aryl methyl sites for hydroxylation is 2. The molecule has 0 saturated carbocycles. The number of nitrogens with zero attached hydrogens (tertiary/aromatic N) is 2. The third-order valence-electron chi connectivity index (χ3n) is 4.32. The number of anilines is 1. The van der Waals surface area contributed by atoms with Crippen molar-refractivity contribution in [2.24, 2.45) is 0 Å². The molecular formula is C19H24N4O. The Morgan fingerprint density at radius 1 is 1.21 bits per heavy atom. The number of urea groups is 1. The summed E-state index contributed by atoms with van der Waals surface area (Å²) in [6, 6.07) is 10.0. The molecule has 3 rings (SSSR count). The van der Waals surface area contributed by atoms with Crippen LogP contribution < -0.4 is 10.6 Å². The summed E-state index contributed by atoms with van der Waals surface area (Å²) in [5.74, 6) is 1.01. The van der Waals surface area contributed by atoms with Gasteiger partial charge in [-0.05, 0) is 43.9 Å². The molecule has 0 atom stereocenters. The second kappa shape index (κ2) is 6.91. The van der Waals surface area contributed by atoms with Gasteiger partial charge in [0.25, 0.3) is 0 Å². The van der Waals surface area contributed by atoms with E-state index in [1.165, 1.54) is 0 Å². The van der Waals surface area contributed by atoms with Gasteiger partial charge in [-0.2, -0.15) is 0 Å². The van der Waals surface area contributed by atoms with Crippen molar-refractivity contribution in [3.63, 3.8) is 0 Å². The Labute approximate surface area is 142 Å². The highest BCUT2D eigenvalue weighted by molar-refractivity contribution is 6.06. The van der Waals surface area contributed by atoms with E-state index in [9.17, 15) is 4.79 Å². The number of amides is 2. The average Bonchev–Trinajstić information content (AvgIpc) is 2.90. The van der Waals surface area contributed by atoms with Crippen LogP contribution in [0.1, 0.15) is 32.5 Å². The number of benzene rings is 2. The van der Waals surface area contributed by atoms with E-state index in [0.717, 1.165) is 52.7 Å². The fraction of sp³-hybridized carbons (Fsp3) is 0.368. The molecule has 1 heterocycles. The lowest BCUT2D eigenvalue weighted by Crippen LogP contribution is -2.29. The fourth-order valence-electron chi connectivity index (χ4n) is 3.06. The number of hydrogen-bond donors (Lipinski definition) is 2. The quantitative estimate of drug-likeness (QED) is 0.682. The minimum absolute atomic E-state index is 0.162. The van der Waals surface area contributed by atoms with E-state index in [2.05, 4.69) is 41.2 Å². The molecular weight excluding hydrogens is 300 g/mol. The SMILES string of the molecule is CCCCNC(=O)Nc1ccc2ccc3c(nc(C)n3CC)c2c1. The molecule has 2 N–H and O–H groups in total. The van der Waals surface area contributed by atoms with Crippen LogP contribution in [-0.2, 0) is 6.54 Å². The minimum Gasteiger partial charge on any atom is -0.338 e. The summed E-state index contributed by atoms with van der Waals surface area (Å²) >= 11 is 0. The van der Waals surface area contributed by atoms with Crippen molar-refractivity contribution in [1.82, 2.24) is 14.9 Å². The van der Waals surface area contributed by atoms with Gasteiger partial charge in [-0.1, -0.05) is 25.5 Å². The molecule has 0 aliphatic heterocycles. The molecule has 0 radical (unpaired) electrons. The van der Waals surface area contributed by atoms with Crippen molar-refractivity contribution >= 4 is 33.5 Å². The van der Waals surface area contributed by atoms with E-state index < -0.39 is 0 Å². The Kier molecular flexibility index (Phi) is 4.69. The van der Waals surface area contributed by atoms with E-state index in [1.807, 2.05) is 25.1 Å². The first-order chi connectivity index (χ1) is 11.6. The molecule has 5 heteroatoms. The van der Waals surface area contributed by atoms with Crippen LogP contribution in [-0.4, -0.2) is 22.1 Å². The molecule has 0 aliphatic rings. The number of unbranched alkanes of at least 4 members (excludes halogenated alkanes) is 1. The molecule has 2 amide bonds. The van der Waals surface area contributed by atoms with Gasteiger partial charge < -0.3 is 15.2 Å². The third kappa shape index (κ3) is 3.07. The van der Waals surface area contributed by atoms with E-state index >= 15 is 0 Å². The number of fused-ring (bicyclic) bond motifs is 3. The highest BCUT2D eigenvalue weighted by atomic mass is 16.2. The molecule has 0 spiro atoms. The molecule has 24 heavy (non-hydrogen) atoms. The van der Waals surface area contributed by atoms with E-state index in [-0.39, 0.29) is 6.03 Å². The van der Waals surface area contributed by atoms with Crippen molar-refractivity contribution in [1.29, 1.82) is 0 Å². The number of nitrogens with one attached hydrogen (secondary N) is 2. The molecule has 0 fully saturated rings. The van der Waals surface area contributed by atoms with Gasteiger partial charge in [-0.3, -0.25) is 0 Å². The van der Waals surface area contributed by atoms with Gasteiger partial charge in [0.1, 0.15) is 5.82 Å². The van der Waals surface area contributed by atoms with Crippen LogP contribution in [0.5, 0.6) is 0 Å². The van der Waals surface area contributed by atoms with Crippen molar-refractivity contribution in [3.8, 4) is 0 Å². The third-order valence-corrected chi connectivity index (χ3v) is 4.32. The van der Waals surface area contributed by atoms with E-state index in [0.29, 0.717) is 6.54 Å². The van der Waals surface area contributed by atoms with Gasteiger partial charge in [0.15, 0.2) is 0 Å². The van der Waals surface area contributed by atoms with Crippen LogP contribution in [0.25, 0.3) is 21.8 Å². The summed E-state index contributed by atoms with van der Waals surface area (Å²) < 4.78 is 2.20. The average molecular weight is 324 g/mol.